The van der Waals surface area contributed by atoms with Gasteiger partial charge >= 0.3 is 0 Å². The van der Waals surface area contributed by atoms with E-state index < -0.39 is 35.1 Å². The van der Waals surface area contributed by atoms with Gasteiger partial charge in [0.05, 0.1) is 24.8 Å². The molecule has 27 heavy (non-hydrogen) atoms. The van der Waals surface area contributed by atoms with Gasteiger partial charge < -0.3 is 9.64 Å². The number of ether oxygens (including phenoxy) is 1. The van der Waals surface area contributed by atoms with Gasteiger partial charge in [0.2, 0.25) is 5.91 Å². The molecule has 3 aliphatic heterocycles. The van der Waals surface area contributed by atoms with E-state index >= 15 is 0 Å². The first kappa shape index (κ1) is 22.7. The first-order valence-electron chi connectivity index (χ1n) is 8.89. The number of alkyl halides is 2. The van der Waals surface area contributed by atoms with Crippen LogP contribution < -0.4 is 5.32 Å². The third kappa shape index (κ3) is 5.07. The van der Waals surface area contributed by atoms with E-state index in [0.717, 1.165) is 0 Å². The second-order valence-corrected chi connectivity index (χ2v) is 9.23. The van der Waals surface area contributed by atoms with Crippen molar-refractivity contribution in [1.29, 1.82) is 0 Å². The average Bonchev–Trinajstić information content (AvgIpc) is 2.93. The number of morpholine rings is 1. The molecular weight excluding hydrogens is 406 g/mol. The summed E-state index contributed by atoms with van der Waals surface area (Å²) in [6, 6.07) is -0.894. The van der Waals surface area contributed by atoms with Crippen molar-refractivity contribution in [2.45, 2.75) is 44.4 Å². The van der Waals surface area contributed by atoms with Crippen molar-refractivity contribution < 1.29 is 26.7 Å². The standard InChI is InChI=1S/C15H26F2N4O4S.ClH/c1-11-8-21(9-12(2)25-11)26(23,24)20-5-3-19(4-6-20)14(22)13-7-15(16,17)10-18-13;/h11-13,18H,3-10H2,1-2H3;1H. The van der Waals surface area contributed by atoms with Gasteiger partial charge in [0.1, 0.15) is 0 Å². The second kappa shape index (κ2) is 8.42. The van der Waals surface area contributed by atoms with Crippen LogP contribution in [0.4, 0.5) is 8.78 Å². The lowest BCUT2D eigenvalue weighted by molar-refractivity contribution is -0.134. The molecule has 3 aliphatic rings. The lowest BCUT2D eigenvalue weighted by Crippen LogP contribution is -2.58. The predicted octanol–water partition coefficient (Wildman–Crippen LogP) is -0.0964. The molecule has 0 bridgehead atoms. The highest BCUT2D eigenvalue weighted by Crippen LogP contribution is 2.26. The fourth-order valence-electron chi connectivity index (χ4n) is 3.73. The smallest absolute Gasteiger partial charge is 0.282 e. The second-order valence-electron chi connectivity index (χ2n) is 7.30. The van der Waals surface area contributed by atoms with Crippen molar-refractivity contribution in [2.24, 2.45) is 0 Å². The maximum atomic E-state index is 13.3. The zero-order chi connectivity index (χ0) is 19.1. The number of rotatable bonds is 3. The SMILES string of the molecule is CC1CN(S(=O)(=O)N2CCN(C(=O)C3CC(F)(F)CN3)CC2)CC(C)O1.Cl. The summed E-state index contributed by atoms with van der Waals surface area (Å²) in [5.74, 6) is -3.25. The van der Waals surface area contributed by atoms with Gasteiger partial charge in [0.25, 0.3) is 16.1 Å². The molecule has 0 aromatic rings. The van der Waals surface area contributed by atoms with Crippen LogP contribution in [0.5, 0.6) is 0 Å². The van der Waals surface area contributed by atoms with Crippen LogP contribution >= 0.6 is 12.4 Å². The number of piperazine rings is 1. The third-order valence-electron chi connectivity index (χ3n) is 5.00. The summed E-state index contributed by atoms with van der Waals surface area (Å²) in [5, 5.41) is 2.55. The molecule has 0 spiro atoms. The molecule has 1 N–H and O–H groups in total. The van der Waals surface area contributed by atoms with Gasteiger partial charge in [0.15, 0.2) is 0 Å². The zero-order valence-corrected chi connectivity index (χ0v) is 17.1. The van der Waals surface area contributed by atoms with Crippen molar-refractivity contribution in [3.63, 3.8) is 0 Å². The maximum Gasteiger partial charge on any atom is 0.282 e. The Morgan fingerprint density at radius 1 is 1.07 bits per heavy atom. The van der Waals surface area contributed by atoms with Crippen molar-refractivity contribution in [3.8, 4) is 0 Å². The molecule has 3 heterocycles. The van der Waals surface area contributed by atoms with Crippen molar-refractivity contribution in [3.05, 3.63) is 0 Å². The Kier molecular flexibility index (Phi) is 7.08. The largest absolute Gasteiger partial charge is 0.373 e. The Labute approximate surface area is 164 Å². The monoisotopic (exact) mass is 432 g/mol. The number of carbonyl (C=O) groups excluding carboxylic acids is 1. The molecule has 0 saturated carbocycles. The van der Waals surface area contributed by atoms with Crippen LogP contribution in [0.3, 0.4) is 0 Å². The quantitative estimate of drug-likeness (QED) is 0.673. The number of nitrogens with zero attached hydrogens (tertiary/aromatic N) is 3. The first-order chi connectivity index (χ1) is 12.1. The van der Waals surface area contributed by atoms with Gasteiger partial charge in [-0.2, -0.15) is 17.0 Å². The third-order valence-corrected chi connectivity index (χ3v) is 6.97. The van der Waals surface area contributed by atoms with Crippen LogP contribution in [0.25, 0.3) is 0 Å². The van der Waals surface area contributed by atoms with E-state index in [1.807, 2.05) is 13.8 Å². The fraction of sp³-hybridized carbons (Fsp3) is 0.933. The summed E-state index contributed by atoms with van der Waals surface area (Å²) in [5.41, 5.74) is 0. The summed E-state index contributed by atoms with van der Waals surface area (Å²) in [6.45, 7) is 4.51. The first-order valence-corrected chi connectivity index (χ1v) is 10.3. The highest BCUT2D eigenvalue weighted by Gasteiger charge is 2.44. The molecule has 12 heteroatoms. The zero-order valence-electron chi connectivity index (χ0n) is 15.4. The van der Waals surface area contributed by atoms with Gasteiger partial charge in [-0.3, -0.25) is 10.1 Å². The number of halogens is 3. The van der Waals surface area contributed by atoms with E-state index in [0.29, 0.717) is 13.1 Å². The molecule has 3 unspecified atom stereocenters. The van der Waals surface area contributed by atoms with Gasteiger partial charge in [0, 0.05) is 45.7 Å². The minimum atomic E-state index is -3.62. The molecule has 158 valence electrons. The van der Waals surface area contributed by atoms with E-state index in [1.54, 1.807) is 0 Å². The Balaban J connectivity index is 0.00000261. The highest BCUT2D eigenvalue weighted by atomic mass is 35.5. The predicted molar refractivity (Wildman–Crippen MR) is 97.3 cm³/mol. The van der Waals surface area contributed by atoms with E-state index in [4.69, 9.17) is 4.74 Å². The van der Waals surface area contributed by atoms with E-state index in [9.17, 15) is 22.0 Å². The van der Waals surface area contributed by atoms with Crippen LogP contribution in [0, 0.1) is 0 Å². The van der Waals surface area contributed by atoms with Gasteiger partial charge in [-0.05, 0) is 13.8 Å². The van der Waals surface area contributed by atoms with Crippen LogP contribution in [-0.4, -0.2) is 97.8 Å². The van der Waals surface area contributed by atoms with E-state index in [-0.39, 0.29) is 56.7 Å². The van der Waals surface area contributed by atoms with Crippen molar-refractivity contribution >= 4 is 28.5 Å². The molecule has 3 saturated heterocycles. The van der Waals surface area contributed by atoms with Crippen molar-refractivity contribution in [1.82, 2.24) is 18.8 Å². The Hall–Kier alpha value is -0.590. The summed E-state index contributed by atoms with van der Waals surface area (Å²) < 4.78 is 60.6. The minimum Gasteiger partial charge on any atom is -0.373 e. The molecule has 0 radical (unpaired) electrons. The van der Waals surface area contributed by atoms with E-state index in [2.05, 4.69) is 5.32 Å². The Morgan fingerprint density at radius 3 is 2.11 bits per heavy atom. The van der Waals surface area contributed by atoms with Gasteiger partial charge in [-0.15, -0.1) is 12.4 Å². The van der Waals surface area contributed by atoms with Gasteiger partial charge in [-0.25, -0.2) is 8.78 Å². The molecule has 3 atom stereocenters. The summed E-state index contributed by atoms with van der Waals surface area (Å²) in [7, 11) is -3.62. The normalized spacial score (nSPS) is 32.9. The number of carbonyl (C=O) groups is 1. The number of amides is 1. The molecule has 3 fully saturated rings. The number of hydrogen-bond donors (Lipinski definition) is 1. The Bertz CT molecular complexity index is 636. The number of nitrogens with one attached hydrogen (secondary N) is 1. The molecule has 0 aliphatic carbocycles. The average molecular weight is 433 g/mol. The summed E-state index contributed by atoms with van der Waals surface area (Å²) in [6.07, 6.45) is -0.855. The Morgan fingerprint density at radius 2 is 1.63 bits per heavy atom. The topological polar surface area (TPSA) is 82.2 Å². The van der Waals surface area contributed by atoms with Gasteiger partial charge in [-0.1, -0.05) is 0 Å². The van der Waals surface area contributed by atoms with Crippen LogP contribution in [0.2, 0.25) is 0 Å². The molecule has 1 amide bonds. The fourth-order valence-corrected chi connectivity index (χ4v) is 5.48. The van der Waals surface area contributed by atoms with Crippen LogP contribution in [0.15, 0.2) is 0 Å². The van der Waals surface area contributed by atoms with Crippen molar-refractivity contribution in [2.75, 3.05) is 45.8 Å². The summed E-state index contributed by atoms with van der Waals surface area (Å²) in [4.78, 5) is 13.8. The molecule has 3 rings (SSSR count). The molecular formula is C15H27ClF2N4O4S. The maximum absolute atomic E-state index is 13.3. The van der Waals surface area contributed by atoms with E-state index in [1.165, 1.54) is 13.5 Å². The lowest BCUT2D eigenvalue weighted by Gasteiger charge is -2.40. The molecule has 8 nitrogen and oxygen atoms in total. The van der Waals surface area contributed by atoms with Crippen LogP contribution in [0.1, 0.15) is 20.3 Å². The molecule has 0 aromatic carbocycles. The highest BCUT2D eigenvalue weighted by molar-refractivity contribution is 7.86. The van der Waals surface area contributed by atoms with Crippen LogP contribution in [-0.2, 0) is 19.7 Å². The summed E-state index contributed by atoms with van der Waals surface area (Å²) >= 11 is 0. The number of hydrogen-bond acceptors (Lipinski definition) is 5. The minimum absolute atomic E-state index is 0. The molecule has 0 aromatic heterocycles. The lowest BCUT2D eigenvalue weighted by atomic mass is 10.1.